The molecule has 2 aromatic carbocycles. The van der Waals surface area contributed by atoms with Gasteiger partial charge in [0.2, 0.25) is 0 Å². The summed E-state index contributed by atoms with van der Waals surface area (Å²) in [4.78, 5) is 0. The fraction of sp³-hybridized carbons (Fsp3) is 0.300. The molecule has 0 atom stereocenters. The van der Waals surface area contributed by atoms with Gasteiger partial charge in [0.1, 0.15) is 0 Å². The Labute approximate surface area is 191 Å². The molecule has 0 aliphatic heterocycles. The molecule has 0 amide bonds. The van der Waals surface area contributed by atoms with Crippen LogP contribution >= 0.6 is 0 Å². The Kier molecular flexibility index (Phi) is 7.13. The van der Waals surface area contributed by atoms with E-state index in [-0.39, 0.29) is 33.0 Å². The van der Waals surface area contributed by atoms with Crippen LogP contribution in [0.5, 0.6) is 11.5 Å². The SMILES string of the molecule is CC#Cc1cc2c(C)c(OS(=O)(=O)C(F)(F)F)c(C#CC)cc2c(C)c1OS(=O)(=O)C(F)(F)F. The van der Waals surface area contributed by atoms with Gasteiger partial charge in [-0.3, -0.25) is 0 Å². The largest absolute Gasteiger partial charge is 0.534 e. The number of alkyl halides is 6. The van der Waals surface area contributed by atoms with Crippen molar-refractivity contribution < 1.29 is 51.5 Å². The molecule has 0 heterocycles. The molecule has 2 aromatic rings. The van der Waals surface area contributed by atoms with E-state index in [1.54, 1.807) is 0 Å². The molecule has 2 rings (SSSR count). The fourth-order valence-electron chi connectivity index (χ4n) is 2.83. The van der Waals surface area contributed by atoms with Crippen molar-refractivity contribution in [3.63, 3.8) is 0 Å². The van der Waals surface area contributed by atoms with E-state index in [1.807, 2.05) is 0 Å². The van der Waals surface area contributed by atoms with Crippen molar-refractivity contribution in [2.45, 2.75) is 38.7 Å². The number of rotatable bonds is 4. The molecule has 184 valence electrons. The van der Waals surface area contributed by atoms with Crippen LogP contribution in [0.1, 0.15) is 36.1 Å². The maximum atomic E-state index is 12.9. The van der Waals surface area contributed by atoms with E-state index in [4.69, 9.17) is 0 Å². The predicted molar refractivity (Wildman–Crippen MR) is 110 cm³/mol. The number of halogens is 6. The van der Waals surface area contributed by atoms with Crippen LogP contribution in [0, 0.1) is 37.5 Å². The molecule has 6 nitrogen and oxygen atoms in total. The van der Waals surface area contributed by atoms with Gasteiger partial charge in [0, 0.05) is 11.1 Å². The normalized spacial score (nSPS) is 12.4. The standard InChI is InChI=1S/C20H14F6O6S2/c1-5-7-13-9-15-12(4)18(32-34(29,30)20(24,25)26)14(8-6-2)10-16(15)11(3)17(13)31-33(27,28)19(21,22)23/h9-10H,1-4H3. The summed E-state index contributed by atoms with van der Waals surface area (Å²) in [5.41, 5.74) is -12.5. The second-order valence-corrected chi connectivity index (χ2v) is 9.64. The first kappa shape index (κ1) is 27.1. The third-order valence-corrected chi connectivity index (χ3v) is 6.22. The highest BCUT2D eigenvalue weighted by Gasteiger charge is 2.50. The molecule has 34 heavy (non-hydrogen) atoms. The first-order valence-electron chi connectivity index (χ1n) is 8.86. The third-order valence-electron chi connectivity index (χ3n) is 4.32. The lowest BCUT2D eigenvalue weighted by Gasteiger charge is -2.19. The van der Waals surface area contributed by atoms with Crippen molar-refractivity contribution in [2.75, 3.05) is 0 Å². The summed E-state index contributed by atoms with van der Waals surface area (Å²) in [5.74, 6) is 7.94. The van der Waals surface area contributed by atoms with Crippen molar-refractivity contribution in [1.29, 1.82) is 0 Å². The first-order chi connectivity index (χ1) is 15.4. The Morgan fingerprint density at radius 2 is 0.971 bits per heavy atom. The van der Waals surface area contributed by atoms with Gasteiger partial charge in [0.05, 0.1) is 11.1 Å². The van der Waals surface area contributed by atoms with Crippen LogP contribution in [0.15, 0.2) is 12.1 Å². The molecule has 0 saturated carbocycles. The molecule has 0 saturated heterocycles. The van der Waals surface area contributed by atoms with Gasteiger partial charge in [-0.15, -0.1) is 11.8 Å². The average molecular weight is 528 g/mol. The monoisotopic (exact) mass is 528 g/mol. The zero-order valence-corrected chi connectivity index (χ0v) is 19.3. The van der Waals surface area contributed by atoms with E-state index in [0.717, 1.165) is 12.1 Å². The minimum absolute atomic E-state index is 0.0148. The minimum atomic E-state index is -6.09. The number of aryl methyl sites for hydroxylation is 2. The second kappa shape index (κ2) is 8.92. The highest BCUT2D eigenvalue weighted by molar-refractivity contribution is 7.88. The number of benzene rings is 2. The van der Waals surface area contributed by atoms with Gasteiger partial charge in [-0.25, -0.2) is 0 Å². The van der Waals surface area contributed by atoms with E-state index >= 15 is 0 Å². The lowest BCUT2D eigenvalue weighted by atomic mass is 9.94. The molecule has 0 aliphatic rings. The van der Waals surface area contributed by atoms with E-state index < -0.39 is 42.8 Å². The van der Waals surface area contributed by atoms with Gasteiger partial charge in [-0.1, -0.05) is 11.8 Å². The molecule has 0 bridgehead atoms. The highest BCUT2D eigenvalue weighted by Crippen LogP contribution is 2.41. The van der Waals surface area contributed by atoms with Gasteiger partial charge in [-0.05, 0) is 50.6 Å². The second-order valence-electron chi connectivity index (χ2n) is 6.57. The van der Waals surface area contributed by atoms with Crippen molar-refractivity contribution >= 4 is 31.0 Å². The summed E-state index contributed by atoms with van der Waals surface area (Å²) >= 11 is 0. The molecule has 0 radical (unpaired) electrons. The van der Waals surface area contributed by atoms with Crippen LogP contribution < -0.4 is 8.37 Å². The fourth-order valence-corrected chi connectivity index (χ4v) is 3.89. The third kappa shape index (κ3) is 5.03. The van der Waals surface area contributed by atoms with Crippen molar-refractivity contribution in [3.8, 4) is 35.2 Å². The first-order valence-corrected chi connectivity index (χ1v) is 11.7. The summed E-state index contributed by atoms with van der Waals surface area (Å²) < 4.78 is 132. The van der Waals surface area contributed by atoms with Crippen molar-refractivity contribution in [1.82, 2.24) is 0 Å². The van der Waals surface area contributed by atoms with Gasteiger partial charge >= 0.3 is 31.3 Å². The summed E-state index contributed by atoms with van der Waals surface area (Å²) in [6, 6.07) is 2.09. The van der Waals surface area contributed by atoms with Crippen molar-refractivity contribution in [2.24, 2.45) is 0 Å². The lowest BCUT2D eigenvalue weighted by Crippen LogP contribution is -2.29. The number of hydrogen-bond acceptors (Lipinski definition) is 6. The average Bonchev–Trinajstić information content (AvgIpc) is 2.67. The molecule has 0 aromatic heterocycles. The molecular weight excluding hydrogens is 514 g/mol. The summed E-state index contributed by atoms with van der Waals surface area (Å²) in [7, 11) is -12.2. The van der Waals surface area contributed by atoms with Crippen LogP contribution in [0.3, 0.4) is 0 Å². The Morgan fingerprint density at radius 1 is 0.676 bits per heavy atom. The number of hydrogen-bond donors (Lipinski definition) is 0. The summed E-state index contributed by atoms with van der Waals surface area (Å²) in [6.07, 6.45) is 0. The summed E-state index contributed by atoms with van der Waals surface area (Å²) in [5, 5.41) is 0.0297. The van der Waals surface area contributed by atoms with Crippen LogP contribution in [0.4, 0.5) is 26.3 Å². The zero-order valence-electron chi connectivity index (χ0n) is 17.7. The Balaban J connectivity index is 2.98. The lowest BCUT2D eigenvalue weighted by molar-refractivity contribution is -0.0505. The Morgan fingerprint density at radius 3 is 1.21 bits per heavy atom. The topological polar surface area (TPSA) is 86.7 Å². The minimum Gasteiger partial charge on any atom is -0.374 e. The smallest absolute Gasteiger partial charge is 0.374 e. The van der Waals surface area contributed by atoms with Crippen LogP contribution in [0.2, 0.25) is 0 Å². The van der Waals surface area contributed by atoms with Crippen LogP contribution in [0.25, 0.3) is 10.8 Å². The maximum Gasteiger partial charge on any atom is 0.534 e. The van der Waals surface area contributed by atoms with Gasteiger partial charge in [0.15, 0.2) is 11.5 Å². The molecule has 14 heteroatoms. The number of fused-ring (bicyclic) bond motifs is 1. The molecule has 0 spiro atoms. The van der Waals surface area contributed by atoms with Gasteiger partial charge < -0.3 is 8.37 Å². The quantitative estimate of drug-likeness (QED) is 0.249. The van der Waals surface area contributed by atoms with E-state index in [2.05, 4.69) is 32.0 Å². The molecule has 0 unspecified atom stereocenters. The van der Waals surface area contributed by atoms with Gasteiger partial charge in [0.25, 0.3) is 0 Å². The maximum absolute atomic E-state index is 12.9. The zero-order chi connectivity index (χ0) is 26.3. The van der Waals surface area contributed by atoms with E-state index in [1.165, 1.54) is 27.7 Å². The van der Waals surface area contributed by atoms with Crippen LogP contribution in [-0.4, -0.2) is 27.9 Å². The highest BCUT2D eigenvalue weighted by atomic mass is 32.2. The molecule has 0 fully saturated rings. The Bertz CT molecular complexity index is 1380. The van der Waals surface area contributed by atoms with Crippen molar-refractivity contribution in [3.05, 3.63) is 34.4 Å². The van der Waals surface area contributed by atoms with Crippen LogP contribution in [-0.2, 0) is 20.2 Å². The van der Waals surface area contributed by atoms with E-state index in [0.29, 0.717) is 0 Å². The molecule has 0 N–H and O–H groups in total. The summed E-state index contributed by atoms with van der Waals surface area (Å²) in [6.45, 7) is 4.97. The van der Waals surface area contributed by atoms with Gasteiger partial charge in [-0.2, -0.15) is 43.2 Å². The molecular formula is C20H14F6O6S2. The van der Waals surface area contributed by atoms with E-state index in [9.17, 15) is 43.2 Å². The molecule has 0 aliphatic carbocycles. The Hall–Kier alpha value is -3.10. The predicted octanol–water partition coefficient (Wildman–Crippen LogP) is 4.66.